The van der Waals surface area contributed by atoms with Gasteiger partial charge in [-0.1, -0.05) is 41.4 Å². The highest BCUT2D eigenvalue weighted by Gasteiger charge is 2.15. The Balaban J connectivity index is 2.20. The zero-order valence-electron chi connectivity index (χ0n) is 11.8. The van der Waals surface area contributed by atoms with Crippen molar-refractivity contribution >= 4 is 11.6 Å². The minimum Gasteiger partial charge on any atom is -0.507 e. The zero-order valence-corrected chi connectivity index (χ0v) is 12.6. The summed E-state index contributed by atoms with van der Waals surface area (Å²) in [4.78, 5) is 0. The van der Waals surface area contributed by atoms with Gasteiger partial charge >= 0.3 is 0 Å². The number of halogens is 1. The Hall–Kier alpha value is -2.26. The summed E-state index contributed by atoms with van der Waals surface area (Å²) in [6.07, 6.45) is 1.94. The van der Waals surface area contributed by atoms with Crippen LogP contribution in [-0.4, -0.2) is 14.9 Å². The molecule has 1 N–H and O–H groups in total. The molecule has 4 heteroatoms. The molecular weight excluding hydrogens is 284 g/mol. The molecule has 0 unspecified atom stereocenters. The molecule has 0 aliphatic heterocycles. The standard InChI is InChI=1S/C17H15ClN2O/c1-11-3-5-12(6-4-11)15-10-20(2)19-17(15)14-9-13(18)7-8-16(14)21/h3-10,21H,1-2H3. The Bertz CT molecular complexity index is 791. The van der Waals surface area contributed by atoms with Crippen LogP contribution in [0.3, 0.4) is 0 Å². The monoisotopic (exact) mass is 298 g/mol. The van der Waals surface area contributed by atoms with E-state index in [1.165, 1.54) is 5.56 Å². The van der Waals surface area contributed by atoms with Crippen molar-refractivity contribution in [2.24, 2.45) is 7.05 Å². The highest BCUT2D eigenvalue weighted by atomic mass is 35.5. The second-order valence-electron chi connectivity index (χ2n) is 5.09. The lowest BCUT2D eigenvalue weighted by molar-refractivity contribution is 0.477. The molecule has 0 amide bonds. The molecule has 3 aromatic rings. The van der Waals surface area contributed by atoms with Gasteiger partial charge in [0.2, 0.25) is 0 Å². The summed E-state index contributed by atoms with van der Waals surface area (Å²) in [7, 11) is 1.86. The van der Waals surface area contributed by atoms with Gasteiger partial charge in [0, 0.05) is 29.4 Å². The van der Waals surface area contributed by atoms with Gasteiger partial charge in [-0.15, -0.1) is 0 Å². The van der Waals surface area contributed by atoms with Crippen LogP contribution in [0, 0.1) is 6.92 Å². The van der Waals surface area contributed by atoms with E-state index in [4.69, 9.17) is 11.6 Å². The van der Waals surface area contributed by atoms with Crippen LogP contribution in [0.1, 0.15) is 5.56 Å². The van der Waals surface area contributed by atoms with Gasteiger partial charge < -0.3 is 5.11 Å². The molecule has 2 aromatic carbocycles. The minimum atomic E-state index is 0.173. The van der Waals surface area contributed by atoms with Crippen LogP contribution < -0.4 is 0 Å². The van der Waals surface area contributed by atoms with Crippen LogP contribution in [0.4, 0.5) is 0 Å². The number of rotatable bonds is 2. The van der Waals surface area contributed by atoms with Crippen LogP contribution in [0.5, 0.6) is 5.75 Å². The number of aromatic hydroxyl groups is 1. The quantitative estimate of drug-likeness (QED) is 0.760. The van der Waals surface area contributed by atoms with Crippen LogP contribution in [-0.2, 0) is 7.05 Å². The lowest BCUT2D eigenvalue weighted by Crippen LogP contribution is -1.88. The molecule has 3 rings (SSSR count). The molecule has 0 atom stereocenters. The third-order valence-corrected chi connectivity index (χ3v) is 3.64. The average Bonchev–Trinajstić information content (AvgIpc) is 2.84. The Morgan fingerprint density at radius 3 is 2.48 bits per heavy atom. The number of hydrogen-bond acceptors (Lipinski definition) is 2. The number of hydrogen-bond donors (Lipinski definition) is 1. The van der Waals surface area contributed by atoms with E-state index in [9.17, 15) is 5.11 Å². The second kappa shape index (κ2) is 5.26. The molecule has 0 bridgehead atoms. The molecule has 0 aliphatic carbocycles. The molecule has 106 valence electrons. The van der Waals surface area contributed by atoms with E-state index in [2.05, 4.69) is 36.3 Å². The molecule has 1 aromatic heterocycles. The van der Waals surface area contributed by atoms with Crippen molar-refractivity contribution in [3.63, 3.8) is 0 Å². The van der Waals surface area contributed by atoms with E-state index in [-0.39, 0.29) is 5.75 Å². The van der Waals surface area contributed by atoms with Gasteiger partial charge in [-0.05, 0) is 30.7 Å². The van der Waals surface area contributed by atoms with Gasteiger partial charge in [-0.2, -0.15) is 5.10 Å². The van der Waals surface area contributed by atoms with Crippen molar-refractivity contribution in [3.8, 4) is 28.1 Å². The Morgan fingerprint density at radius 1 is 1.05 bits per heavy atom. The van der Waals surface area contributed by atoms with Crippen molar-refractivity contribution in [2.45, 2.75) is 6.92 Å². The maximum Gasteiger partial charge on any atom is 0.125 e. The van der Waals surface area contributed by atoms with Crippen molar-refractivity contribution < 1.29 is 5.11 Å². The molecular formula is C17H15ClN2O. The van der Waals surface area contributed by atoms with E-state index >= 15 is 0 Å². The van der Waals surface area contributed by atoms with E-state index in [0.717, 1.165) is 16.8 Å². The van der Waals surface area contributed by atoms with Crippen LogP contribution in [0.25, 0.3) is 22.4 Å². The SMILES string of the molecule is Cc1ccc(-c2cn(C)nc2-c2cc(Cl)ccc2O)cc1. The smallest absolute Gasteiger partial charge is 0.125 e. The highest BCUT2D eigenvalue weighted by molar-refractivity contribution is 6.31. The molecule has 1 heterocycles. The van der Waals surface area contributed by atoms with Crippen molar-refractivity contribution in [2.75, 3.05) is 0 Å². The van der Waals surface area contributed by atoms with Gasteiger partial charge in [0.25, 0.3) is 0 Å². The predicted octanol–water partition coefficient (Wildman–Crippen LogP) is 4.42. The number of phenolic OH excluding ortho intramolecular Hbond substituents is 1. The fraction of sp³-hybridized carbons (Fsp3) is 0.118. The number of benzene rings is 2. The molecule has 0 radical (unpaired) electrons. The normalized spacial score (nSPS) is 10.8. The lowest BCUT2D eigenvalue weighted by Gasteiger charge is -2.06. The first-order chi connectivity index (χ1) is 10.0. The molecule has 0 saturated heterocycles. The average molecular weight is 299 g/mol. The van der Waals surface area contributed by atoms with Crippen molar-refractivity contribution in [3.05, 3.63) is 59.2 Å². The van der Waals surface area contributed by atoms with E-state index in [1.807, 2.05) is 13.2 Å². The predicted molar refractivity (Wildman–Crippen MR) is 85.5 cm³/mol. The summed E-state index contributed by atoms with van der Waals surface area (Å²) < 4.78 is 1.74. The topological polar surface area (TPSA) is 38.0 Å². The minimum absolute atomic E-state index is 0.173. The van der Waals surface area contributed by atoms with Crippen LogP contribution in [0.15, 0.2) is 48.7 Å². The van der Waals surface area contributed by atoms with Crippen LogP contribution >= 0.6 is 11.6 Å². The molecule has 0 aliphatic rings. The van der Waals surface area contributed by atoms with Crippen molar-refractivity contribution in [1.82, 2.24) is 9.78 Å². The molecule has 3 nitrogen and oxygen atoms in total. The third kappa shape index (κ3) is 2.65. The second-order valence-corrected chi connectivity index (χ2v) is 5.53. The zero-order chi connectivity index (χ0) is 15.0. The first-order valence-electron chi connectivity index (χ1n) is 6.64. The van der Waals surface area contributed by atoms with Gasteiger partial charge in [-0.3, -0.25) is 4.68 Å². The summed E-state index contributed by atoms with van der Waals surface area (Å²) in [5.74, 6) is 0.173. The van der Waals surface area contributed by atoms with Gasteiger partial charge in [0.05, 0.1) is 0 Å². The number of aryl methyl sites for hydroxylation is 2. The molecule has 21 heavy (non-hydrogen) atoms. The van der Waals surface area contributed by atoms with E-state index < -0.39 is 0 Å². The molecule has 0 saturated carbocycles. The summed E-state index contributed by atoms with van der Waals surface area (Å²) in [6.45, 7) is 2.05. The molecule has 0 fully saturated rings. The number of nitrogens with zero attached hydrogens (tertiary/aromatic N) is 2. The summed E-state index contributed by atoms with van der Waals surface area (Å²) >= 11 is 6.05. The Morgan fingerprint density at radius 2 is 1.76 bits per heavy atom. The van der Waals surface area contributed by atoms with Gasteiger partial charge in [-0.25, -0.2) is 0 Å². The van der Waals surface area contributed by atoms with E-state index in [1.54, 1.807) is 22.9 Å². The first-order valence-corrected chi connectivity index (χ1v) is 7.02. The first kappa shape index (κ1) is 13.7. The van der Waals surface area contributed by atoms with E-state index in [0.29, 0.717) is 10.6 Å². The number of aromatic nitrogens is 2. The highest BCUT2D eigenvalue weighted by Crippen LogP contribution is 2.37. The number of phenols is 1. The maximum absolute atomic E-state index is 10.1. The fourth-order valence-corrected chi connectivity index (χ4v) is 2.50. The fourth-order valence-electron chi connectivity index (χ4n) is 2.33. The summed E-state index contributed by atoms with van der Waals surface area (Å²) in [6, 6.07) is 13.2. The maximum atomic E-state index is 10.1. The Labute approximate surface area is 128 Å². The summed E-state index contributed by atoms with van der Waals surface area (Å²) in [5, 5.41) is 15.2. The summed E-state index contributed by atoms with van der Waals surface area (Å²) in [5.41, 5.74) is 4.59. The van der Waals surface area contributed by atoms with Crippen LogP contribution in [0.2, 0.25) is 5.02 Å². The molecule has 0 spiro atoms. The Kier molecular flexibility index (Phi) is 3.43. The third-order valence-electron chi connectivity index (χ3n) is 3.41. The van der Waals surface area contributed by atoms with Gasteiger partial charge in [0.1, 0.15) is 11.4 Å². The van der Waals surface area contributed by atoms with Gasteiger partial charge in [0.15, 0.2) is 0 Å². The lowest BCUT2D eigenvalue weighted by atomic mass is 10.0. The van der Waals surface area contributed by atoms with Crippen molar-refractivity contribution in [1.29, 1.82) is 0 Å². The largest absolute Gasteiger partial charge is 0.507 e.